The summed E-state index contributed by atoms with van der Waals surface area (Å²) in [5.41, 5.74) is 2.04. The lowest BCUT2D eigenvalue weighted by Crippen LogP contribution is -2.06. The van der Waals surface area contributed by atoms with E-state index in [1.165, 1.54) is 0 Å². The highest BCUT2D eigenvalue weighted by Crippen LogP contribution is 2.20. The predicted octanol–water partition coefficient (Wildman–Crippen LogP) is 3.14. The monoisotopic (exact) mass is 310 g/mol. The first-order valence-electron chi connectivity index (χ1n) is 5.98. The van der Waals surface area contributed by atoms with Gasteiger partial charge in [-0.3, -0.25) is 4.79 Å². The maximum absolute atomic E-state index is 11.3. The third-order valence-electron chi connectivity index (χ3n) is 2.68. The van der Waals surface area contributed by atoms with Gasteiger partial charge in [-0.1, -0.05) is 12.1 Å². The Morgan fingerprint density at radius 3 is 3.00 bits per heavy atom. The molecule has 18 heavy (non-hydrogen) atoms. The molecule has 0 aliphatic heterocycles. The van der Waals surface area contributed by atoms with Crippen molar-refractivity contribution < 1.29 is 9.53 Å². The second-order valence-corrected chi connectivity index (χ2v) is 4.64. The summed E-state index contributed by atoms with van der Waals surface area (Å²) in [7, 11) is 0. The van der Waals surface area contributed by atoms with Crippen LogP contribution in [0.15, 0.2) is 29.0 Å². The average Bonchev–Trinajstić information content (AvgIpc) is 2.66. The van der Waals surface area contributed by atoms with E-state index in [2.05, 4.69) is 25.5 Å². The number of benzene rings is 1. The molecule has 0 aliphatic rings. The van der Waals surface area contributed by atoms with Crippen molar-refractivity contribution in [3.63, 3.8) is 0 Å². The van der Waals surface area contributed by atoms with Crippen LogP contribution in [0, 0.1) is 0 Å². The van der Waals surface area contributed by atoms with Gasteiger partial charge in [0.25, 0.3) is 0 Å². The maximum atomic E-state index is 11.3. The van der Waals surface area contributed by atoms with Crippen molar-refractivity contribution in [2.75, 3.05) is 6.61 Å². The van der Waals surface area contributed by atoms with Gasteiger partial charge in [-0.2, -0.15) is 0 Å². The Balaban J connectivity index is 2.03. The van der Waals surface area contributed by atoms with E-state index in [-0.39, 0.29) is 5.97 Å². The number of aromatic nitrogens is 2. The molecule has 1 aromatic heterocycles. The van der Waals surface area contributed by atoms with Crippen LogP contribution >= 0.6 is 15.9 Å². The molecular formula is C13H15BrN2O2. The summed E-state index contributed by atoms with van der Waals surface area (Å²) in [4.78, 5) is 15.7. The second-order valence-electron chi connectivity index (χ2n) is 3.93. The maximum Gasteiger partial charge on any atom is 0.305 e. The van der Waals surface area contributed by atoms with Crippen LogP contribution in [-0.4, -0.2) is 22.1 Å². The Labute approximate surface area is 114 Å². The van der Waals surface area contributed by atoms with Crippen LogP contribution in [-0.2, 0) is 16.1 Å². The molecule has 0 N–H and O–H groups in total. The number of carbonyl (C=O) groups excluding carboxylic acids is 1. The molecule has 0 spiro atoms. The number of halogens is 1. The van der Waals surface area contributed by atoms with Crippen molar-refractivity contribution in [2.45, 2.75) is 26.3 Å². The molecular weight excluding hydrogens is 296 g/mol. The normalized spacial score (nSPS) is 10.8. The summed E-state index contributed by atoms with van der Waals surface area (Å²) in [6.45, 7) is 3.01. The van der Waals surface area contributed by atoms with Crippen molar-refractivity contribution in [3.8, 4) is 0 Å². The number of rotatable bonds is 5. The molecule has 1 aromatic carbocycles. The third-order valence-corrected chi connectivity index (χ3v) is 3.28. The van der Waals surface area contributed by atoms with Gasteiger partial charge in [0.15, 0.2) is 4.73 Å². The Hall–Kier alpha value is -1.36. The molecule has 0 unspecified atom stereocenters. The molecule has 0 radical (unpaired) electrons. The summed E-state index contributed by atoms with van der Waals surface area (Å²) < 4.78 is 7.77. The number of imidazole rings is 1. The van der Waals surface area contributed by atoms with Gasteiger partial charge in [0.05, 0.1) is 17.6 Å². The zero-order valence-electron chi connectivity index (χ0n) is 10.2. The molecule has 0 fully saturated rings. The Morgan fingerprint density at radius 2 is 2.22 bits per heavy atom. The average molecular weight is 311 g/mol. The van der Waals surface area contributed by atoms with Gasteiger partial charge in [-0.25, -0.2) is 4.98 Å². The quantitative estimate of drug-likeness (QED) is 0.797. The molecule has 0 atom stereocenters. The highest BCUT2D eigenvalue weighted by molar-refractivity contribution is 9.10. The van der Waals surface area contributed by atoms with Crippen molar-refractivity contribution in [2.24, 2.45) is 0 Å². The van der Waals surface area contributed by atoms with E-state index in [4.69, 9.17) is 4.74 Å². The molecule has 1 heterocycles. The van der Waals surface area contributed by atoms with Crippen molar-refractivity contribution >= 4 is 32.9 Å². The summed E-state index contributed by atoms with van der Waals surface area (Å²) in [5, 5.41) is 0. The van der Waals surface area contributed by atoms with Crippen molar-refractivity contribution in [1.29, 1.82) is 0 Å². The van der Waals surface area contributed by atoms with Gasteiger partial charge in [0.1, 0.15) is 0 Å². The smallest absolute Gasteiger partial charge is 0.305 e. The van der Waals surface area contributed by atoms with Gasteiger partial charge in [0.2, 0.25) is 0 Å². The van der Waals surface area contributed by atoms with Gasteiger partial charge < -0.3 is 9.30 Å². The highest BCUT2D eigenvalue weighted by atomic mass is 79.9. The number of fused-ring (bicyclic) bond motifs is 1. The number of carbonyl (C=O) groups is 1. The molecule has 2 aromatic rings. The molecule has 2 rings (SSSR count). The fraction of sp³-hybridized carbons (Fsp3) is 0.385. The molecule has 96 valence electrons. The third kappa shape index (κ3) is 2.90. The summed E-state index contributed by atoms with van der Waals surface area (Å²) in [6, 6.07) is 7.95. The van der Waals surface area contributed by atoms with Crippen LogP contribution in [0.2, 0.25) is 0 Å². The lowest BCUT2D eigenvalue weighted by atomic mass is 10.3. The molecule has 0 amide bonds. The Kier molecular flexibility index (Phi) is 4.36. The van der Waals surface area contributed by atoms with Crippen LogP contribution in [0.25, 0.3) is 11.0 Å². The van der Waals surface area contributed by atoms with Crippen LogP contribution in [0.5, 0.6) is 0 Å². The SMILES string of the molecule is CCOC(=O)CCCn1c(Br)nc2ccccc21. The fourth-order valence-electron chi connectivity index (χ4n) is 1.87. The summed E-state index contributed by atoms with van der Waals surface area (Å²) in [6.07, 6.45) is 1.19. The zero-order valence-corrected chi connectivity index (χ0v) is 11.8. The molecule has 5 heteroatoms. The van der Waals surface area contributed by atoms with Crippen molar-refractivity contribution in [1.82, 2.24) is 9.55 Å². The lowest BCUT2D eigenvalue weighted by Gasteiger charge is -2.05. The Bertz CT molecular complexity index is 551. The number of hydrogen-bond donors (Lipinski definition) is 0. The minimum absolute atomic E-state index is 0.141. The number of aryl methyl sites for hydroxylation is 1. The molecule has 0 aliphatic carbocycles. The number of ether oxygens (including phenoxy) is 1. The summed E-state index contributed by atoms with van der Waals surface area (Å²) >= 11 is 3.44. The molecule has 0 saturated heterocycles. The van der Waals surface area contributed by atoms with E-state index in [0.29, 0.717) is 13.0 Å². The van der Waals surface area contributed by atoms with Crippen LogP contribution in [0.3, 0.4) is 0 Å². The first kappa shape index (κ1) is 13.1. The van der Waals surface area contributed by atoms with Gasteiger partial charge >= 0.3 is 5.97 Å². The second kappa shape index (κ2) is 6.00. The van der Waals surface area contributed by atoms with E-state index in [9.17, 15) is 4.79 Å². The van der Waals surface area contributed by atoms with Crippen LogP contribution in [0.1, 0.15) is 19.8 Å². The molecule has 0 saturated carbocycles. The topological polar surface area (TPSA) is 44.1 Å². The zero-order chi connectivity index (χ0) is 13.0. The molecule has 0 bridgehead atoms. The first-order chi connectivity index (χ1) is 8.72. The first-order valence-corrected chi connectivity index (χ1v) is 6.78. The number of para-hydroxylation sites is 2. The number of esters is 1. The van der Waals surface area contributed by atoms with E-state index in [1.807, 2.05) is 31.2 Å². The van der Waals surface area contributed by atoms with E-state index in [1.54, 1.807) is 0 Å². The van der Waals surface area contributed by atoms with Crippen molar-refractivity contribution in [3.05, 3.63) is 29.0 Å². The molecule has 4 nitrogen and oxygen atoms in total. The highest BCUT2D eigenvalue weighted by Gasteiger charge is 2.08. The van der Waals surface area contributed by atoms with Gasteiger partial charge in [-0.15, -0.1) is 0 Å². The minimum atomic E-state index is -0.141. The predicted molar refractivity (Wildman–Crippen MR) is 73.3 cm³/mol. The Morgan fingerprint density at radius 1 is 1.44 bits per heavy atom. The largest absolute Gasteiger partial charge is 0.466 e. The minimum Gasteiger partial charge on any atom is -0.466 e. The van der Waals surface area contributed by atoms with Gasteiger partial charge in [0, 0.05) is 13.0 Å². The number of nitrogens with zero attached hydrogens (tertiary/aromatic N) is 2. The fourth-order valence-corrected chi connectivity index (χ4v) is 2.43. The van der Waals surface area contributed by atoms with E-state index < -0.39 is 0 Å². The van der Waals surface area contributed by atoms with E-state index >= 15 is 0 Å². The standard InChI is InChI=1S/C13H15BrN2O2/c1-2-18-12(17)8-5-9-16-11-7-4-3-6-10(11)15-13(16)14/h3-4,6-7H,2,5,8-9H2,1H3. The lowest BCUT2D eigenvalue weighted by molar-refractivity contribution is -0.143. The van der Waals surface area contributed by atoms with Gasteiger partial charge in [-0.05, 0) is 41.4 Å². The van der Waals surface area contributed by atoms with E-state index in [0.717, 1.165) is 28.7 Å². The number of hydrogen-bond acceptors (Lipinski definition) is 3. The van der Waals surface area contributed by atoms with Crippen LogP contribution in [0.4, 0.5) is 0 Å². The summed E-state index contributed by atoms with van der Waals surface area (Å²) in [5.74, 6) is -0.141. The van der Waals surface area contributed by atoms with Crippen LogP contribution < -0.4 is 0 Å².